The molecule has 0 amide bonds. The van der Waals surface area contributed by atoms with E-state index in [0.717, 1.165) is 22.3 Å². The van der Waals surface area contributed by atoms with Crippen LogP contribution in [-0.4, -0.2) is 18.1 Å². The van der Waals surface area contributed by atoms with Gasteiger partial charge in [0.1, 0.15) is 0 Å². The van der Waals surface area contributed by atoms with Gasteiger partial charge in [0.25, 0.3) is 0 Å². The highest BCUT2D eigenvalue weighted by Crippen LogP contribution is 2.29. The lowest BCUT2D eigenvalue weighted by molar-refractivity contribution is 0.0601. The van der Waals surface area contributed by atoms with Gasteiger partial charge in [0, 0.05) is 23.0 Å². The second-order valence-corrected chi connectivity index (χ2v) is 5.53. The predicted octanol–water partition coefficient (Wildman–Crippen LogP) is 4.38. The number of pyridine rings is 1. The first-order valence-corrected chi connectivity index (χ1v) is 7.40. The Morgan fingerprint density at radius 3 is 2.52 bits per heavy atom. The van der Waals surface area contributed by atoms with Gasteiger partial charge in [0.15, 0.2) is 0 Å². The first-order chi connectivity index (χ1) is 11.1. The topological polar surface area (TPSA) is 51.2 Å². The van der Waals surface area contributed by atoms with Crippen LogP contribution in [0.25, 0.3) is 10.9 Å². The zero-order valence-corrected chi connectivity index (χ0v) is 13.4. The van der Waals surface area contributed by atoms with Crippen molar-refractivity contribution in [1.29, 1.82) is 0 Å². The summed E-state index contributed by atoms with van der Waals surface area (Å²) in [6.45, 7) is 4.16. The van der Waals surface area contributed by atoms with E-state index in [1.165, 1.54) is 18.2 Å². The van der Waals surface area contributed by atoms with Crippen LogP contribution in [0.4, 0.5) is 11.4 Å². The monoisotopic (exact) mass is 306 g/mol. The third-order valence-electron chi connectivity index (χ3n) is 3.77. The SMILES string of the molecule is COC(=O)c1ccc(Nc2ccnc3cc(C)cc(C)c23)cc1. The lowest BCUT2D eigenvalue weighted by Gasteiger charge is -2.12. The van der Waals surface area contributed by atoms with Crippen LogP contribution in [0.2, 0.25) is 0 Å². The van der Waals surface area contributed by atoms with Crippen LogP contribution >= 0.6 is 0 Å². The molecule has 0 fully saturated rings. The van der Waals surface area contributed by atoms with Crippen LogP contribution in [0.15, 0.2) is 48.7 Å². The highest BCUT2D eigenvalue weighted by molar-refractivity contribution is 5.96. The van der Waals surface area contributed by atoms with Gasteiger partial charge in [0.05, 0.1) is 18.2 Å². The van der Waals surface area contributed by atoms with Crippen molar-refractivity contribution in [2.45, 2.75) is 13.8 Å². The van der Waals surface area contributed by atoms with Crippen LogP contribution < -0.4 is 5.32 Å². The Morgan fingerprint density at radius 1 is 1.09 bits per heavy atom. The fraction of sp³-hybridized carbons (Fsp3) is 0.158. The van der Waals surface area contributed by atoms with Gasteiger partial charge >= 0.3 is 5.97 Å². The molecule has 3 rings (SSSR count). The standard InChI is InChI=1S/C19H18N2O2/c1-12-10-13(2)18-16(8-9-20-17(18)11-12)21-15-6-4-14(5-7-15)19(22)23-3/h4-11H,1-3H3,(H,20,21). The smallest absolute Gasteiger partial charge is 0.337 e. The summed E-state index contributed by atoms with van der Waals surface area (Å²) in [6.07, 6.45) is 1.80. The maximum absolute atomic E-state index is 11.5. The predicted molar refractivity (Wildman–Crippen MR) is 92.3 cm³/mol. The highest BCUT2D eigenvalue weighted by atomic mass is 16.5. The van der Waals surface area contributed by atoms with Gasteiger partial charge in [-0.2, -0.15) is 0 Å². The molecule has 0 aliphatic heterocycles. The van der Waals surface area contributed by atoms with Gasteiger partial charge in [0.2, 0.25) is 0 Å². The number of carbonyl (C=O) groups is 1. The van der Waals surface area contributed by atoms with Crippen LogP contribution in [0, 0.1) is 13.8 Å². The number of esters is 1. The van der Waals surface area contributed by atoms with Crippen LogP contribution in [-0.2, 0) is 4.74 Å². The van der Waals surface area contributed by atoms with Gasteiger partial charge in [-0.1, -0.05) is 6.07 Å². The number of aryl methyl sites for hydroxylation is 2. The minimum absolute atomic E-state index is 0.336. The number of carbonyl (C=O) groups excluding carboxylic acids is 1. The molecule has 0 radical (unpaired) electrons. The number of methoxy groups -OCH3 is 1. The first kappa shape index (κ1) is 15.0. The molecule has 0 atom stereocenters. The second kappa shape index (κ2) is 6.08. The zero-order valence-electron chi connectivity index (χ0n) is 13.4. The molecule has 0 bridgehead atoms. The summed E-state index contributed by atoms with van der Waals surface area (Å²) in [5, 5.41) is 4.51. The molecule has 0 saturated carbocycles. The maximum atomic E-state index is 11.5. The van der Waals surface area contributed by atoms with Crippen molar-refractivity contribution in [3.05, 3.63) is 65.4 Å². The first-order valence-electron chi connectivity index (χ1n) is 7.40. The molecule has 0 saturated heterocycles. The summed E-state index contributed by atoms with van der Waals surface area (Å²) in [5.74, 6) is -0.336. The molecule has 23 heavy (non-hydrogen) atoms. The molecule has 3 aromatic rings. The number of hydrogen-bond acceptors (Lipinski definition) is 4. The average Bonchev–Trinajstić information content (AvgIpc) is 2.54. The summed E-state index contributed by atoms with van der Waals surface area (Å²) in [5.41, 5.74) is 5.79. The van der Waals surface area contributed by atoms with E-state index in [0.29, 0.717) is 5.56 Å². The molecule has 0 aliphatic carbocycles. The van der Waals surface area contributed by atoms with Crippen LogP contribution in [0.1, 0.15) is 21.5 Å². The van der Waals surface area contributed by atoms with E-state index in [1.54, 1.807) is 18.3 Å². The Morgan fingerprint density at radius 2 is 1.83 bits per heavy atom. The molecule has 1 aromatic heterocycles. The molecule has 4 heteroatoms. The molecule has 1 heterocycles. The van der Waals surface area contributed by atoms with Crippen molar-refractivity contribution >= 4 is 28.2 Å². The molecule has 1 N–H and O–H groups in total. The van der Waals surface area contributed by atoms with Crippen LogP contribution in [0.5, 0.6) is 0 Å². The number of anilines is 2. The van der Waals surface area contributed by atoms with E-state index >= 15 is 0 Å². The quantitative estimate of drug-likeness (QED) is 0.729. The van der Waals surface area contributed by atoms with E-state index in [1.807, 2.05) is 18.2 Å². The molecule has 4 nitrogen and oxygen atoms in total. The summed E-state index contributed by atoms with van der Waals surface area (Å²) >= 11 is 0. The molecule has 2 aromatic carbocycles. The van der Waals surface area contributed by atoms with Gasteiger partial charge in [-0.15, -0.1) is 0 Å². The van der Waals surface area contributed by atoms with Gasteiger partial charge in [-0.25, -0.2) is 4.79 Å². The fourth-order valence-electron chi connectivity index (χ4n) is 2.74. The summed E-state index contributed by atoms with van der Waals surface area (Å²) in [4.78, 5) is 15.9. The molecular formula is C19H18N2O2. The van der Waals surface area contributed by atoms with Gasteiger partial charge in [-0.05, 0) is 61.4 Å². The minimum Gasteiger partial charge on any atom is -0.465 e. The molecule has 0 aliphatic rings. The number of nitrogens with one attached hydrogen (secondary N) is 1. The van der Waals surface area contributed by atoms with Crippen molar-refractivity contribution in [3.63, 3.8) is 0 Å². The van der Waals surface area contributed by atoms with E-state index < -0.39 is 0 Å². The normalized spacial score (nSPS) is 10.6. The lowest BCUT2D eigenvalue weighted by atomic mass is 10.0. The third-order valence-corrected chi connectivity index (χ3v) is 3.77. The number of benzene rings is 2. The van der Waals surface area contributed by atoms with Crippen molar-refractivity contribution in [1.82, 2.24) is 4.98 Å². The number of nitrogens with zero attached hydrogens (tertiary/aromatic N) is 1. The number of ether oxygens (including phenoxy) is 1. The Bertz CT molecular complexity index is 870. The molecule has 116 valence electrons. The molecular weight excluding hydrogens is 288 g/mol. The Kier molecular flexibility index (Phi) is 3.98. The molecule has 0 unspecified atom stereocenters. The average molecular weight is 306 g/mol. The second-order valence-electron chi connectivity index (χ2n) is 5.53. The third kappa shape index (κ3) is 3.01. The summed E-state index contributed by atoms with van der Waals surface area (Å²) < 4.78 is 4.71. The highest BCUT2D eigenvalue weighted by Gasteiger charge is 2.08. The van der Waals surface area contributed by atoms with E-state index in [9.17, 15) is 4.79 Å². The summed E-state index contributed by atoms with van der Waals surface area (Å²) in [7, 11) is 1.38. The van der Waals surface area contributed by atoms with E-state index in [2.05, 4.69) is 36.3 Å². The Labute approximate surface area is 135 Å². The largest absolute Gasteiger partial charge is 0.465 e. The van der Waals surface area contributed by atoms with Gasteiger partial charge < -0.3 is 10.1 Å². The number of rotatable bonds is 3. The molecule has 0 spiro atoms. The van der Waals surface area contributed by atoms with E-state index in [-0.39, 0.29) is 5.97 Å². The van der Waals surface area contributed by atoms with Gasteiger partial charge in [-0.3, -0.25) is 4.98 Å². The number of fused-ring (bicyclic) bond motifs is 1. The van der Waals surface area contributed by atoms with Crippen molar-refractivity contribution in [3.8, 4) is 0 Å². The minimum atomic E-state index is -0.336. The maximum Gasteiger partial charge on any atom is 0.337 e. The Balaban J connectivity index is 1.97. The number of hydrogen-bond donors (Lipinski definition) is 1. The van der Waals surface area contributed by atoms with E-state index in [4.69, 9.17) is 4.74 Å². The fourth-order valence-corrected chi connectivity index (χ4v) is 2.74. The summed E-state index contributed by atoms with van der Waals surface area (Å²) in [6, 6.07) is 13.4. The Hall–Kier alpha value is -2.88. The number of aromatic nitrogens is 1. The van der Waals surface area contributed by atoms with Crippen molar-refractivity contribution in [2.24, 2.45) is 0 Å². The van der Waals surface area contributed by atoms with Crippen molar-refractivity contribution in [2.75, 3.05) is 12.4 Å². The lowest BCUT2D eigenvalue weighted by Crippen LogP contribution is -2.01. The van der Waals surface area contributed by atoms with Crippen LogP contribution in [0.3, 0.4) is 0 Å². The zero-order chi connectivity index (χ0) is 16.4. The van der Waals surface area contributed by atoms with Crippen molar-refractivity contribution < 1.29 is 9.53 Å².